The first-order chi connectivity index (χ1) is 15.2. The van der Waals surface area contributed by atoms with E-state index in [2.05, 4.69) is 0 Å². The molecule has 5 N–H and O–H groups in total. The maximum atomic E-state index is 12.5. The Kier molecular flexibility index (Phi) is 5.70. The van der Waals surface area contributed by atoms with Crippen molar-refractivity contribution < 1.29 is 44.2 Å². The molecule has 10 nitrogen and oxygen atoms in total. The summed E-state index contributed by atoms with van der Waals surface area (Å²) in [7, 11) is 1.39. The lowest BCUT2D eigenvalue weighted by Gasteiger charge is -2.39. The molecule has 170 valence electrons. The van der Waals surface area contributed by atoms with Crippen LogP contribution in [-0.4, -0.2) is 63.3 Å². The minimum atomic E-state index is -1.50. The van der Waals surface area contributed by atoms with Crippen LogP contribution in [0.4, 0.5) is 0 Å². The van der Waals surface area contributed by atoms with E-state index in [0.29, 0.717) is 5.56 Å². The molecule has 0 amide bonds. The van der Waals surface area contributed by atoms with Gasteiger partial charge in [0.15, 0.2) is 16.9 Å². The fraction of sp³-hybridized carbons (Fsp3) is 0.318. The van der Waals surface area contributed by atoms with Crippen molar-refractivity contribution in [3.05, 3.63) is 46.6 Å². The second-order valence-corrected chi connectivity index (χ2v) is 7.48. The van der Waals surface area contributed by atoms with E-state index in [1.54, 1.807) is 6.07 Å². The third-order valence-electron chi connectivity index (χ3n) is 5.29. The van der Waals surface area contributed by atoms with Crippen molar-refractivity contribution in [1.82, 2.24) is 0 Å². The number of aliphatic hydroxyl groups is 3. The Balaban J connectivity index is 1.68. The number of hydrogen-bond donors (Lipinski definition) is 5. The molecule has 5 atom stereocenters. The first kappa shape index (κ1) is 21.9. The van der Waals surface area contributed by atoms with Gasteiger partial charge in [-0.1, -0.05) is 0 Å². The monoisotopic (exact) mass is 446 g/mol. The van der Waals surface area contributed by atoms with Gasteiger partial charge in [-0.3, -0.25) is 4.79 Å². The third-order valence-corrected chi connectivity index (χ3v) is 5.29. The van der Waals surface area contributed by atoms with Gasteiger partial charge in [0.25, 0.3) is 0 Å². The predicted octanol–water partition coefficient (Wildman–Crippen LogP) is 1.09. The highest BCUT2D eigenvalue weighted by atomic mass is 16.7. The van der Waals surface area contributed by atoms with E-state index in [4.69, 9.17) is 18.6 Å². The molecule has 3 aromatic rings. The number of hydrogen-bond acceptors (Lipinski definition) is 10. The Labute approximate surface area is 181 Å². The summed E-state index contributed by atoms with van der Waals surface area (Å²) < 4.78 is 22.1. The Morgan fingerprint density at radius 2 is 1.69 bits per heavy atom. The van der Waals surface area contributed by atoms with Crippen LogP contribution in [0, 0.1) is 0 Å². The van der Waals surface area contributed by atoms with Gasteiger partial charge in [0, 0.05) is 23.8 Å². The van der Waals surface area contributed by atoms with Gasteiger partial charge in [-0.25, -0.2) is 0 Å². The highest BCUT2D eigenvalue weighted by Crippen LogP contribution is 2.36. The number of rotatable bonds is 4. The van der Waals surface area contributed by atoms with Crippen LogP contribution in [0.25, 0.3) is 22.3 Å². The van der Waals surface area contributed by atoms with Crippen molar-refractivity contribution in [1.29, 1.82) is 0 Å². The molecule has 2 aromatic carbocycles. The average Bonchev–Trinajstić information content (AvgIpc) is 2.75. The lowest BCUT2D eigenvalue weighted by molar-refractivity contribution is -0.268. The number of aromatic hydroxyl groups is 2. The van der Waals surface area contributed by atoms with Crippen LogP contribution in [0.2, 0.25) is 0 Å². The van der Waals surface area contributed by atoms with E-state index in [-0.39, 0.29) is 34.0 Å². The zero-order valence-electron chi connectivity index (χ0n) is 17.1. The van der Waals surface area contributed by atoms with Crippen LogP contribution in [0.3, 0.4) is 0 Å². The molecule has 1 fully saturated rings. The Morgan fingerprint density at radius 1 is 0.938 bits per heavy atom. The summed E-state index contributed by atoms with van der Waals surface area (Å²) in [6.07, 6.45) is -6.24. The first-order valence-corrected chi connectivity index (χ1v) is 9.74. The molecule has 1 aliphatic rings. The minimum absolute atomic E-state index is 0.00422. The standard InChI is InChI=1S/C22H22O10/c1-9-19(26)20(27)21(28)22(30-9)32-14-4-3-10(5-16(14)29-2)15-8-13(25)18-12(24)6-11(23)7-17(18)31-15/h3-9,19-24,26-28H,1-2H3/t9-,19-,20-,21-,22-/m1/s1. The van der Waals surface area contributed by atoms with E-state index in [1.807, 2.05) is 0 Å². The molecule has 1 saturated heterocycles. The van der Waals surface area contributed by atoms with Crippen LogP contribution < -0.4 is 14.9 Å². The summed E-state index contributed by atoms with van der Waals surface area (Å²) in [4.78, 5) is 12.5. The largest absolute Gasteiger partial charge is 0.508 e. The van der Waals surface area contributed by atoms with E-state index in [0.717, 1.165) is 6.07 Å². The lowest BCUT2D eigenvalue weighted by Crippen LogP contribution is -2.58. The average molecular weight is 446 g/mol. The Morgan fingerprint density at radius 3 is 2.41 bits per heavy atom. The second-order valence-electron chi connectivity index (χ2n) is 7.48. The number of phenols is 2. The van der Waals surface area contributed by atoms with Crippen LogP contribution in [0.1, 0.15) is 6.92 Å². The molecular formula is C22H22O10. The smallest absolute Gasteiger partial charge is 0.229 e. The normalized spacial score (nSPS) is 25.6. The molecular weight excluding hydrogens is 424 g/mol. The Bertz CT molecular complexity index is 1200. The topological polar surface area (TPSA) is 159 Å². The molecule has 1 aliphatic heterocycles. The zero-order valence-corrected chi connectivity index (χ0v) is 17.1. The molecule has 1 aromatic heterocycles. The number of aliphatic hydroxyl groups excluding tert-OH is 3. The molecule has 0 unspecified atom stereocenters. The van der Waals surface area contributed by atoms with Gasteiger partial charge >= 0.3 is 0 Å². The quantitative estimate of drug-likeness (QED) is 0.393. The second kappa shape index (κ2) is 8.32. The first-order valence-electron chi connectivity index (χ1n) is 9.74. The molecule has 0 aliphatic carbocycles. The van der Waals surface area contributed by atoms with Crippen molar-refractivity contribution in [3.63, 3.8) is 0 Å². The third kappa shape index (κ3) is 3.84. The zero-order chi connectivity index (χ0) is 23.2. The number of phenolic OH excluding ortho intramolecular Hbond substituents is 2. The van der Waals surface area contributed by atoms with Crippen molar-refractivity contribution >= 4 is 11.0 Å². The molecule has 0 saturated carbocycles. The maximum Gasteiger partial charge on any atom is 0.229 e. The van der Waals surface area contributed by atoms with Gasteiger partial charge < -0.3 is 44.2 Å². The van der Waals surface area contributed by atoms with Gasteiger partial charge in [0.1, 0.15) is 46.5 Å². The van der Waals surface area contributed by atoms with Gasteiger partial charge in [-0.15, -0.1) is 0 Å². The van der Waals surface area contributed by atoms with E-state index < -0.39 is 41.9 Å². The molecule has 2 heterocycles. The number of fused-ring (bicyclic) bond motifs is 1. The molecule has 10 heteroatoms. The number of methoxy groups -OCH3 is 1. The summed E-state index contributed by atoms with van der Waals surface area (Å²) >= 11 is 0. The van der Waals surface area contributed by atoms with Crippen molar-refractivity contribution in [2.45, 2.75) is 37.6 Å². The number of ether oxygens (including phenoxy) is 3. The minimum Gasteiger partial charge on any atom is -0.508 e. The number of benzene rings is 2. The van der Waals surface area contributed by atoms with Gasteiger partial charge in [-0.05, 0) is 25.1 Å². The van der Waals surface area contributed by atoms with E-state index in [9.17, 15) is 30.3 Å². The summed E-state index contributed by atoms with van der Waals surface area (Å²) in [6.45, 7) is 1.54. The van der Waals surface area contributed by atoms with Crippen LogP contribution >= 0.6 is 0 Å². The fourth-order valence-electron chi connectivity index (χ4n) is 3.55. The molecule has 4 rings (SSSR count). The van der Waals surface area contributed by atoms with E-state index in [1.165, 1.54) is 38.3 Å². The van der Waals surface area contributed by atoms with Crippen molar-refractivity contribution in [2.75, 3.05) is 7.11 Å². The SMILES string of the molecule is COc1cc(-c2cc(=O)c3c(O)cc(O)cc3o2)ccc1O[C@H]1O[C@H](C)[C@@H](O)[C@@H](O)[C@H]1O. The summed E-state index contributed by atoms with van der Waals surface area (Å²) in [5.74, 6) is -0.112. The van der Waals surface area contributed by atoms with Gasteiger partial charge in [0.05, 0.1) is 13.2 Å². The van der Waals surface area contributed by atoms with Crippen molar-refractivity contribution in [3.8, 4) is 34.3 Å². The van der Waals surface area contributed by atoms with Gasteiger partial charge in [-0.2, -0.15) is 0 Å². The highest BCUT2D eigenvalue weighted by Gasteiger charge is 2.43. The molecule has 0 spiro atoms. The van der Waals surface area contributed by atoms with E-state index >= 15 is 0 Å². The van der Waals surface area contributed by atoms with Crippen LogP contribution in [-0.2, 0) is 4.74 Å². The molecule has 0 bridgehead atoms. The Hall–Kier alpha value is -3.31. The molecule has 0 radical (unpaired) electrons. The fourth-order valence-corrected chi connectivity index (χ4v) is 3.55. The molecule has 32 heavy (non-hydrogen) atoms. The lowest BCUT2D eigenvalue weighted by atomic mass is 10.00. The van der Waals surface area contributed by atoms with Crippen molar-refractivity contribution in [2.24, 2.45) is 0 Å². The van der Waals surface area contributed by atoms with Crippen LogP contribution in [0.15, 0.2) is 45.6 Å². The summed E-state index contributed by atoms with van der Waals surface area (Å²) in [5, 5.41) is 49.5. The van der Waals surface area contributed by atoms with Crippen LogP contribution in [0.5, 0.6) is 23.0 Å². The summed E-state index contributed by atoms with van der Waals surface area (Å²) in [6, 6.07) is 8.04. The summed E-state index contributed by atoms with van der Waals surface area (Å²) in [5.41, 5.74) is -0.0622. The van der Waals surface area contributed by atoms with Gasteiger partial charge in [0.2, 0.25) is 6.29 Å². The maximum absolute atomic E-state index is 12.5. The highest BCUT2D eigenvalue weighted by molar-refractivity contribution is 5.86. The predicted molar refractivity (Wildman–Crippen MR) is 111 cm³/mol.